The van der Waals surface area contributed by atoms with E-state index in [2.05, 4.69) is 20.8 Å². The Morgan fingerprint density at radius 1 is 1.27 bits per heavy atom. The summed E-state index contributed by atoms with van der Waals surface area (Å²) in [6.07, 6.45) is 1.01. The molecule has 0 fully saturated rings. The SMILES string of the molecule is CCOc1ncnc(NNC(=O)c2ccc(Cl)c([N+](=O)[O-])c2)c1[N+](=O)[O-]. The van der Waals surface area contributed by atoms with E-state index in [1.54, 1.807) is 6.92 Å². The van der Waals surface area contributed by atoms with E-state index in [4.69, 9.17) is 16.3 Å². The quantitative estimate of drug-likeness (QED) is 0.539. The lowest BCUT2D eigenvalue weighted by Gasteiger charge is -2.10. The monoisotopic (exact) mass is 382 g/mol. The zero-order valence-electron chi connectivity index (χ0n) is 13.1. The van der Waals surface area contributed by atoms with Gasteiger partial charge in [-0.2, -0.15) is 4.98 Å². The molecule has 2 aromatic rings. The van der Waals surface area contributed by atoms with Crippen molar-refractivity contribution >= 4 is 34.7 Å². The number of carbonyl (C=O) groups excluding carboxylic acids is 1. The average molecular weight is 383 g/mol. The largest absolute Gasteiger partial charge is 0.473 e. The number of hydrogen-bond donors (Lipinski definition) is 2. The molecule has 0 bridgehead atoms. The van der Waals surface area contributed by atoms with Gasteiger partial charge >= 0.3 is 5.69 Å². The van der Waals surface area contributed by atoms with Crippen LogP contribution in [0.4, 0.5) is 17.2 Å². The third-order valence-corrected chi connectivity index (χ3v) is 3.27. The van der Waals surface area contributed by atoms with Gasteiger partial charge in [-0.05, 0) is 19.1 Å². The second-order valence-electron chi connectivity index (χ2n) is 4.57. The van der Waals surface area contributed by atoms with E-state index in [0.29, 0.717) is 0 Å². The number of nitrogens with one attached hydrogen (secondary N) is 2. The van der Waals surface area contributed by atoms with Crippen LogP contribution < -0.4 is 15.6 Å². The van der Waals surface area contributed by atoms with Crippen molar-refractivity contribution in [3.8, 4) is 5.88 Å². The van der Waals surface area contributed by atoms with Gasteiger partial charge in [-0.3, -0.25) is 35.9 Å². The van der Waals surface area contributed by atoms with E-state index >= 15 is 0 Å². The van der Waals surface area contributed by atoms with E-state index in [0.717, 1.165) is 12.4 Å². The fourth-order valence-electron chi connectivity index (χ4n) is 1.84. The fourth-order valence-corrected chi connectivity index (χ4v) is 2.03. The second kappa shape index (κ2) is 8.02. The first-order chi connectivity index (χ1) is 12.3. The molecule has 0 atom stereocenters. The van der Waals surface area contributed by atoms with Crippen molar-refractivity contribution in [1.29, 1.82) is 0 Å². The van der Waals surface area contributed by atoms with Crippen LogP contribution in [-0.2, 0) is 0 Å². The Morgan fingerprint density at radius 2 is 2.00 bits per heavy atom. The molecule has 26 heavy (non-hydrogen) atoms. The molecular formula is C13H11ClN6O6. The number of halogens is 1. The van der Waals surface area contributed by atoms with Crippen LogP contribution in [-0.4, -0.2) is 32.3 Å². The van der Waals surface area contributed by atoms with Gasteiger partial charge < -0.3 is 4.74 Å². The highest BCUT2D eigenvalue weighted by Crippen LogP contribution is 2.30. The van der Waals surface area contributed by atoms with E-state index in [9.17, 15) is 25.0 Å². The summed E-state index contributed by atoms with van der Waals surface area (Å²) in [7, 11) is 0. The molecule has 1 heterocycles. The Bertz CT molecular complexity index is 876. The number of nitro benzene ring substituents is 1. The van der Waals surface area contributed by atoms with Crippen molar-refractivity contribution in [2.75, 3.05) is 12.0 Å². The van der Waals surface area contributed by atoms with Crippen LogP contribution in [0.5, 0.6) is 5.88 Å². The zero-order valence-corrected chi connectivity index (χ0v) is 13.9. The summed E-state index contributed by atoms with van der Waals surface area (Å²) in [4.78, 5) is 40.0. The molecule has 0 aliphatic carbocycles. The van der Waals surface area contributed by atoms with Crippen molar-refractivity contribution in [2.45, 2.75) is 6.92 Å². The normalized spacial score (nSPS) is 10.1. The molecule has 0 saturated carbocycles. The summed E-state index contributed by atoms with van der Waals surface area (Å²) in [5.41, 5.74) is 3.33. The van der Waals surface area contributed by atoms with E-state index in [1.807, 2.05) is 0 Å². The maximum atomic E-state index is 12.1. The highest BCUT2D eigenvalue weighted by molar-refractivity contribution is 6.32. The summed E-state index contributed by atoms with van der Waals surface area (Å²) in [5, 5.41) is 21.9. The maximum Gasteiger partial charge on any atom is 0.374 e. The van der Waals surface area contributed by atoms with Crippen LogP contribution in [0.3, 0.4) is 0 Å². The highest BCUT2D eigenvalue weighted by Gasteiger charge is 2.25. The molecule has 1 aromatic heterocycles. The summed E-state index contributed by atoms with van der Waals surface area (Å²) in [5.74, 6) is -1.38. The molecule has 0 spiro atoms. The minimum atomic E-state index is -0.796. The molecule has 136 valence electrons. The van der Waals surface area contributed by atoms with Gasteiger partial charge in [0.15, 0.2) is 0 Å². The number of amides is 1. The van der Waals surface area contributed by atoms with Gasteiger partial charge in [0.25, 0.3) is 17.5 Å². The molecule has 1 amide bonds. The van der Waals surface area contributed by atoms with Gasteiger partial charge in [-0.25, -0.2) is 4.98 Å². The number of ether oxygens (including phenoxy) is 1. The Kier molecular flexibility index (Phi) is 5.80. The molecule has 0 aliphatic rings. The predicted molar refractivity (Wildman–Crippen MR) is 89.1 cm³/mol. The minimum absolute atomic E-state index is 0.0876. The van der Waals surface area contributed by atoms with Gasteiger partial charge in [-0.1, -0.05) is 11.6 Å². The summed E-state index contributed by atoms with van der Waals surface area (Å²) in [6, 6.07) is 3.42. The van der Waals surface area contributed by atoms with Crippen LogP contribution in [0.15, 0.2) is 24.5 Å². The van der Waals surface area contributed by atoms with Crippen LogP contribution in [0.1, 0.15) is 17.3 Å². The van der Waals surface area contributed by atoms with E-state index in [-0.39, 0.29) is 28.9 Å². The van der Waals surface area contributed by atoms with Crippen molar-refractivity contribution in [3.63, 3.8) is 0 Å². The first kappa shape index (κ1) is 18.8. The second-order valence-corrected chi connectivity index (χ2v) is 4.98. The van der Waals surface area contributed by atoms with Crippen LogP contribution in [0.25, 0.3) is 0 Å². The average Bonchev–Trinajstić information content (AvgIpc) is 2.59. The minimum Gasteiger partial charge on any atom is -0.473 e. The van der Waals surface area contributed by atoms with E-state index < -0.39 is 27.1 Å². The highest BCUT2D eigenvalue weighted by atomic mass is 35.5. The molecule has 0 aliphatic heterocycles. The zero-order chi connectivity index (χ0) is 19.3. The standard InChI is InChI=1S/C13H11ClN6O6/c1-2-26-13-10(20(24)25)11(15-6-16-13)17-18-12(21)7-3-4-8(14)9(5-7)19(22)23/h3-6H,2H2,1H3,(H,18,21)(H,15,16,17). The molecule has 2 N–H and O–H groups in total. The lowest BCUT2D eigenvalue weighted by atomic mass is 10.2. The van der Waals surface area contributed by atoms with Crippen LogP contribution in [0.2, 0.25) is 5.02 Å². The van der Waals surface area contributed by atoms with Gasteiger partial charge in [0, 0.05) is 11.6 Å². The molecule has 13 heteroatoms. The van der Waals surface area contributed by atoms with Crippen molar-refractivity contribution in [2.24, 2.45) is 0 Å². The van der Waals surface area contributed by atoms with Gasteiger partial charge in [0.2, 0.25) is 5.82 Å². The molecule has 2 rings (SSSR count). The fraction of sp³-hybridized carbons (Fsp3) is 0.154. The number of rotatable bonds is 7. The maximum absolute atomic E-state index is 12.1. The van der Waals surface area contributed by atoms with Gasteiger partial charge in [0.1, 0.15) is 11.3 Å². The third kappa shape index (κ3) is 4.10. The summed E-state index contributed by atoms with van der Waals surface area (Å²) < 4.78 is 5.05. The Morgan fingerprint density at radius 3 is 2.62 bits per heavy atom. The Balaban J connectivity index is 2.22. The molecule has 1 aromatic carbocycles. The Hall–Kier alpha value is -3.54. The predicted octanol–water partition coefficient (Wildman–Crippen LogP) is 2.10. The molecule has 12 nitrogen and oxygen atoms in total. The number of aromatic nitrogens is 2. The van der Waals surface area contributed by atoms with Gasteiger partial charge in [-0.15, -0.1) is 0 Å². The van der Waals surface area contributed by atoms with Crippen LogP contribution in [0, 0.1) is 20.2 Å². The molecule has 0 radical (unpaired) electrons. The van der Waals surface area contributed by atoms with Crippen LogP contribution >= 0.6 is 11.6 Å². The van der Waals surface area contributed by atoms with Crippen molar-refractivity contribution < 1.29 is 19.4 Å². The Labute approximate surface area is 150 Å². The third-order valence-electron chi connectivity index (χ3n) is 2.95. The number of benzene rings is 1. The number of nitro groups is 2. The lowest BCUT2D eigenvalue weighted by molar-refractivity contribution is -0.385. The molecule has 0 saturated heterocycles. The summed E-state index contributed by atoms with van der Waals surface area (Å²) >= 11 is 5.68. The molecular weight excluding hydrogens is 372 g/mol. The number of hydrogen-bond acceptors (Lipinski definition) is 9. The molecule has 0 unspecified atom stereocenters. The topological polar surface area (TPSA) is 162 Å². The first-order valence-electron chi connectivity index (χ1n) is 6.97. The lowest BCUT2D eigenvalue weighted by Crippen LogP contribution is -2.30. The summed E-state index contributed by atoms with van der Waals surface area (Å²) in [6.45, 7) is 1.76. The first-order valence-corrected chi connectivity index (χ1v) is 7.35. The van der Waals surface area contributed by atoms with Crippen molar-refractivity contribution in [1.82, 2.24) is 15.4 Å². The van der Waals surface area contributed by atoms with Gasteiger partial charge in [0.05, 0.1) is 16.5 Å². The number of anilines is 1. The van der Waals surface area contributed by atoms with Crippen molar-refractivity contribution in [3.05, 3.63) is 55.3 Å². The van der Waals surface area contributed by atoms with E-state index in [1.165, 1.54) is 12.1 Å². The smallest absolute Gasteiger partial charge is 0.374 e. The number of nitrogens with zero attached hydrogens (tertiary/aromatic N) is 4. The number of hydrazine groups is 1. The number of carbonyl (C=O) groups is 1.